The van der Waals surface area contributed by atoms with E-state index in [4.69, 9.17) is 9.15 Å². The van der Waals surface area contributed by atoms with E-state index >= 15 is 0 Å². The van der Waals surface area contributed by atoms with Crippen molar-refractivity contribution < 1.29 is 9.15 Å². The third-order valence-corrected chi connectivity index (χ3v) is 3.40. The lowest BCUT2D eigenvalue weighted by Crippen LogP contribution is -2.18. The molecule has 5 nitrogen and oxygen atoms in total. The van der Waals surface area contributed by atoms with Crippen molar-refractivity contribution in [3.05, 3.63) is 5.89 Å². The molecule has 1 N–H and O–H groups in total. The van der Waals surface area contributed by atoms with Crippen LogP contribution in [0, 0.1) is 0 Å². The monoisotopic (exact) mass is 223 g/mol. The fourth-order valence-corrected chi connectivity index (χ4v) is 2.13. The van der Waals surface area contributed by atoms with Gasteiger partial charge in [0.15, 0.2) is 0 Å². The van der Waals surface area contributed by atoms with Gasteiger partial charge in [-0.25, -0.2) is 0 Å². The Morgan fingerprint density at radius 2 is 2.12 bits per heavy atom. The molecule has 1 saturated carbocycles. The summed E-state index contributed by atoms with van der Waals surface area (Å²) in [5.74, 6) is 1.30. The summed E-state index contributed by atoms with van der Waals surface area (Å²) in [6, 6.07) is 0.539. The molecule has 1 aliphatic carbocycles. The van der Waals surface area contributed by atoms with Gasteiger partial charge in [0.2, 0.25) is 5.89 Å². The van der Waals surface area contributed by atoms with Gasteiger partial charge in [0, 0.05) is 19.1 Å². The normalized spacial score (nSPS) is 25.6. The second-order valence-electron chi connectivity index (χ2n) is 4.59. The van der Waals surface area contributed by atoms with E-state index in [1.165, 1.54) is 19.3 Å². The van der Waals surface area contributed by atoms with Gasteiger partial charge in [-0.2, -0.15) is 0 Å². The molecule has 88 valence electrons. The van der Waals surface area contributed by atoms with Gasteiger partial charge in [-0.05, 0) is 25.7 Å². The van der Waals surface area contributed by atoms with Crippen molar-refractivity contribution >= 4 is 6.01 Å². The number of aromatic nitrogens is 2. The van der Waals surface area contributed by atoms with Gasteiger partial charge in [0.25, 0.3) is 0 Å². The van der Waals surface area contributed by atoms with E-state index in [1.807, 2.05) is 0 Å². The number of nitrogens with one attached hydrogen (secondary N) is 1. The lowest BCUT2D eigenvalue weighted by molar-refractivity contribution is 0.120. The van der Waals surface area contributed by atoms with Gasteiger partial charge in [-0.15, -0.1) is 5.10 Å². The SMILES string of the molecule is C1CC(c2nnc(NC[C@@H]3CCCO3)o2)C1. The number of rotatable bonds is 4. The van der Waals surface area contributed by atoms with Crippen LogP contribution in [0.5, 0.6) is 0 Å². The van der Waals surface area contributed by atoms with E-state index in [2.05, 4.69) is 15.5 Å². The Morgan fingerprint density at radius 3 is 2.81 bits per heavy atom. The van der Waals surface area contributed by atoms with Crippen molar-refractivity contribution in [3.63, 3.8) is 0 Å². The van der Waals surface area contributed by atoms with Crippen molar-refractivity contribution in [1.29, 1.82) is 0 Å². The molecule has 1 aliphatic heterocycles. The van der Waals surface area contributed by atoms with Gasteiger partial charge in [0.05, 0.1) is 6.10 Å². The Hall–Kier alpha value is -1.10. The van der Waals surface area contributed by atoms with E-state index < -0.39 is 0 Å². The molecule has 16 heavy (non-hydrogen) atoms. The second-order valence-corrected chi connectivity index (χ2v) is 4.59. The Balaban J connectivity index is 1.51. The number of hydrogen-bond acceptors (Lipinski definition) is 5. The molecule has 1 aromatic heterocycles. The van der Waals surface area contributed by atoms with Crippen LogP contribution in [0.15, 0.2) is 4.42 Å². The third-order valence-electron chi connectivity index (χ3n) is 3.40. The molecule has 0 amide bonds. The molecule has 1 saturated heterocycles. The molecule has 0 unspecified atom stereocenters. The summed E-state index contributed by atoms with van der Waals surface area (Å²) in [5, 5.41) is 11.2. The lowest BCUT2D eigenvalue weighted by atomic mass is 9.85. The highest BCUT2D eigenvalue weighted by Gasteiger charge is 2.25. The highest BCUT2D eigenvalue weighted by atomic mass is 16.5. The molecular formula is C11H17N3O2. The van der Waals surface area contributed by atoms with Crippen LogP contribution in [0.1, 0.15) is 43.9 Å². The van der Waals surface area contributed by atoms with Crippen molar-refractivity contribution in [2.45, 2.75) is 44.1 Å². The predicted octanol–water partition coefficient (Wildman–Crippen LogP) is 1.93. The fraction of sp³-hybridized carbons (Fsp3) is 0.818. The predicted molar refractivity (Wildman–Crippen MR) is 58.4 cm³/mol. The van der Waals surface area contributed by atoms with Crippen molar-refractivity contribution in [2.75, 3.05) is 18.5 Å². The minimum Gasteiger partial charge on any atom is -0.408 e. The van der Waals surface area contributed by atoms with E-state index in [-0.39, 0.29) is 0 Å². The van der Waals surface area contributed by atoms with Crippen LogP contribution in [-0.2, 0) is 4.74 Å². The van der Waals surface area contributed by atoms with Crippen LogP contribution in [0.3, 0.4) is 0 Å². The van der Waals surface area contributed by atoms with Crippen molar-refractivity contribution in [3.8, 4) is 0 Å². The molecule has 0 aromatic carbocycles. The third kappa shape index (κ3) is 2.04. The minimum absolute atomic E-state index is 0.305. The zero-order chi connectivity index (χ0) is 10.8. The highest BCUT2D eigenvalue weighted by Crippen LogP contribution is 2.35. The highest BCUT2D eigenvalue weighted by molar-refractivity contribution is 5.18. The largest absolute Gasteiger partial charge is 0.408 e. The molecule has 0 radical (unpaired) electrons. The van der Waals surface area contributed by atoms with Gasteiger partial charge in [-0.3, -0.25) is 0 Å². The smallest absolute Gasteiger partial charge is 0.315 e. The molecule has 1 atom stereocenters. The standard InChI is InChI=1S/C11H17N3O2/c1-3-8(4-1)10-13-14-11(16-10)12-7-9-5-2-6-15-9/h8-9H,1-7H2,(H,12,14)/t9-/m0/s1. The van der Waals surface area contributed by atoms with Gasteiger partial charge in [-0.1, -0.05) is 11.5 Å². The Kier molecular flexibility index (Phi) is 2.78. The first kappa shape index (κ1) is 10.1. The topological polar surface area (TPSA) is 60.2 Å². The number of hydrogen-bond donors (Lipinski definition) is 1. The van der Waals surface area contributed by atoms with E-state index in [9.17, 15) is 0 Å². The zero-order valence-electron chi connectivity index (χ0n) is 9.32. The summed E-state index contributed by atoms with van der Waals surface area (Å²) >= 11 is 0. The first-order valence-electron chi connectivity index (χ1n) is 6.11. The molecule has 0 spiro atoms. The molecule has 1 aromatic rings. The Labute approximate surface area is 94.6 Å². The summed E-state index contributed by atoms with van der Waals surface area (Å²) < 4.78 is 11.1. The summed E-state index contributed by atoms with van der Waals surface area (Å²) in [6.45, 7) is 1.65. The second kappa shape index (κ2) is 4.41. The average molecular weight is 223 g/mol. The summed E-state index contributed by atoms with van der Waals surface area (Å²) in [7, 11) is 0. The van der Waals surface area contributed by atoms with Crippen molar-refractivity contribution in [1.82, 2.24) is 10.2 Å². The lowest BCUT2D eigenvalue weighted by Gasteiger charge is -2.20. The summed E-state index contributed by atoms with van der Waals surface area (Å²) in [4.78, 5) is 0. The maximum absolute atomic E-state index is 5.56. The molecule has 2 fully saturated rings. The Bertz CT molecular complexity index is 343. The summed E-state index contributed by atoms with van der Waals surface area (Å²) in [6.07, 6.45) is 6.24. The van der Waals surface area contributed by atoms with Crippen LogP contribution in [0.2, 0.25) is 0 Å². The fourth-order valence-electron chi connectivity index (χ4n) is 2.13. The van der Waals surface area contributed by atoms with Crippen molar-refractivity contribution in [2.24, 2.45) is 0 Å². The number of ether oxygens (including phenoxy) is 1. The van der Waals surface area contributed by atoms with Crippen LogP contribution >= 0.6 is 0 Å². The van der Waals surface area contributed by atoms with Crippen LogP contribution in [0.4, 0.5) is 6.01 Å². The van der Waals surface area contributed by atoms with Gasteiger partial charge < -0.3 is 14.5 Å². The first-order chi connectivity index (χ1) is 7.92. The van der Waals surface area contributed by atoms with Crippen LogP contribution < -0.4 is 5.32 Å². The molecule has 5 heteroatoms. The van der Waals surface area contributed by atoms with E-state index in [1.54, 1.807) is 0 Å². The maximum Gasteiger partial charge on any atom is 0.315 e. The first-order valence-corrected chi connectivity index (χ1v) is 6.11. The quantitative estimate of drug-likeness (QED) is 0.845. The Morgan fingerprint density at radius 1 is 1.19 bits per heavy atom. The van der Waals surface area contributed by atoms with E-state index in [0.717, 1.165) is 31.9 Å². The molecule has 3 rings (SSSR count). The molecule has 0 bridgehead atoms. The van der Waals surface area contributed by atoms with Crippen LogP contribution in [0.25, 0.3) is 0 Å². The maximum atomic E-state index is 5.56. The van der Waals surface area contributed by atoms with Gasteiger partial charge in [0.1, 0.15) is 0 Å². The average Bonchev–Trinajstić information content (AvgIpc) is 2.81. The number of nitrogens with zero attached hydrogens (tertiary/aromatic N) is 2. The molecule has 2 aliphatic rings. The molecule has 2 heterocycles. The van der Waals surface area contributed by atoms with Gasteiger partial charge >= 0.3 is 6.01 Å². The number of anilines is 1. The zero-order valence-corrected chi connectivity index (χ0v) is 9.32. The molecular weight excluding hydrogens is 206 g/mol. The van der Waals surface area contributed by atoms with Crippen LogP contribution in [-0.4, -0.2) is 29.5 Å². The minimum atomic E-state index is 0.305. The summed E-state index contributed by atoms with van der Waals surface area (Å²) in [5.41, 5.74) is 0. The van der Waals surface area contributed by atoms with E-state index in [0.29, 0.717) is 18.0 Å².